The van der Waals surface area contributed by atoms with Crippen LogP contribution in [0.5, 0.6) is 0 Å². The number of benzene rings is 1. The van der Waals surface area contributed by atoms with Crippen molar-refractivity contribution in [3.8, 4) is 0 Å². The molecule has 2 heterocycles. The molecule has 0 aliphatic heterocycles. The molecule has 0 saturated carbocycles. The van der Waals surface area contributed by atoms with E-state index in [0.29, 0.717) is 28.6 Å². The Kier molecular flexibility index (Phi) is 6.15. The number of carbonyl (C=O) groups is 2. The third-order valence-electron chi connectivity index (χ3n) is 4.92. The molecule has 8 heteroatoms. The Balaban J connectivity index is 1.91. The number of para-hydroxylation sites is 1. The SMILES string of the molecule is CCOC(=O)c1c(/C=C/C(=O)Nn2cnc3ccccc3c2=O)c(C)n(CC)c1C. The van der Waals surface area contributed by atoms with E-state index in [1.165, 1.54) is 12.4 Å². The second-order valence-electron chi connectivity index (χ2n) is 6.67. The Morgan fingerprint density at radius 3 is 2.60 bits per heavy atom. The average Bonchev–Trinajstić information content (AvgIpc) is 2.97. The van der Waals surface area contributed by atoms with E-state index in [2.05, 4.69) is 10.4 Å². The molecule has 0 bridgehead atoms. The van der Waals surface area contributed by atoms with Crippen LogP contribution >= 0.6 is 0 Å². The van der Waals surface area contributed by atoms with Crippen LogP contribution in [0.15, 0.2) is 41.5 Å². The first-order chi connectivity index (χ1) is 14.4. The van der Waals surface area contributed by atoms with Gasteiger partial charge in [-0.2, -0.15) is 0 Å². The predicted molar refractivity (Wildman–Crippen MR) is 115 cm³/mol. The number of aromatic nitrogens is 3. The smallest absolute Gasteiger partial charge is 0.340 e. The number of fused-ring (bicyclic) bond motifs is 1. The van der Waals surface area contributed by atoms with Gasteiger partial charge in [-0.25, -0.2) is 14.5 Å². The minimum absolute atomic E-state index is 0.260. The number of rotatable bonds is 6. The molecule has 156 valence electrons. The maximum Gasteiger partial charge on any atom is 0.340 e. The van der Waals surface area contributed by atoms with E-state index in [9.17, 15) is 14.4 Å². The normalized spacial score (nSPS) is 11.2. The first-order valence-electron chi connectivity index (χ1n) is 9.71. The minimum Gasteiger partial charge on any atom is -0.462 e. The highest BCUT2D eigenvalue weighted by Crippen LogP contribution is 2.25. The summed E-state index contributed by atoms with van der Waals surface area (Å²) in [5.41, 5.74) is 5.36. The van der Waals surface area contributed by atoms with Crippen molar-refractivity contribution in [2.45, 2.75) is 34.2 Å². The Labute approximate surface area is 173 Å². The second-order valence-corrected chi connectivity index (χ2v) is 6.67. The highest BCUT2D eigenvalue weighted by molar-refractivity contribution is 6.01. The maximum atomic E-state index is 12.5. The molecule has 3 aromatic rings. The highest BCUT2D eigenvalue weighted by atomic mass is 16.5. The Morgan fingerprint density at radius 2 is 1.90 bits per heavy atom. The van der Waals surface area contributed by atoms with Crippen molar-refractivity contribution < 1.29 is 14.3 Å². The number of hydrogen-bond acceptors (Lipinski definition) is 5. The van der Waals surface area contributed by atoms with Crippen molar-refractivity contribution in [3.63, 3.8) is 0 Å². The number of carbonyl (C=O) groups excluding carboxylic acids is 2. The number of nitrogens with zero attached hydrogens (tertiary/aromatic N) is 3. The van der Waals surface area contributed by atoms with Gasteiger partial charge in [0.1, 0.15) is 6.33 Å². The van der Waals surface area contributed by atoms with Crippen molar-refractivity contribution in [2.75, 3.05) is 12.0 Å². The summed E-state index contributed by atoms with van der Waals surface area (Å²) < 4.78 is 8.21. The summed E-state index contributed by atoms with van der Waals surface area (Å²) in [5, 5.41) is 0.403. The fraction of sp³-hybridized carbons (Fsp3) is 0.273. The molecule has 0 unspecified atom stereocenters. The second kappa shape index (κ2) is 8.77. The number of hydrogen-bond donors (Lipinski definition) is 1. The Bertz CT molecular complexity index is 1200. The topological polar surface area (TPSA) is 95.2 Å². The van der Waals surface area contributed by atoms with E-state index < -0.39 is 11.9 Å². The van der Waals surface area contributed by atoms with Gasteiger partial charge in [0.2, 0.25) is 0 Å². The van der Waals surface area contributed by atoms with E-state index in [-0.39, 0.29) is 12.2 Å². The van der Waals surface area contributed by atoms with E-state index >= 15 is 0 Å². The van der Waals surface area contributed by atoms with Gasteiger partial charge in [-0.1, -0.05) is 12.1 Å². The zero-order valence-electron chi connectivity index (χ0n) is 17.4. The summed E-state index contributed by atoms with van der Waals surface area (Å²) in [6.45, 7) is 8.40. The van der Waals surface area contributed by atoms with Crippen molar-refractivity contribution in [2.24, 2.45) is 0 Å². The van der Waals surface area contributed by atoms with Crippen LogP contribution in [0.25, 0.3) is 17.0 Å². The van der Waals surface area contributed by atoms with Crippen LogP contribution in [0, 0.1) is 13.8 Å². The summed E-state index contributed by atoms with van der Waals surface area (Å²) >= 11 is 0. The summed E-state index contributed by atoms with van der Waals surface area (Å²) in [6.07, 6.45) is 4.12. The van der Waals surface area contributed by atoms with E-state index in [1.807, 2.05) is 25.3 Å². The molecule has 8 nitrogen and oxygen atoms in total. The number of esters is 1. The molecular weight excluding hydrogens is 384 g/mol. The fourth-order valence-electron chi connectivity index (χ4n) is 3.51. The maximum absolute atomic E-state index is 12.5. The zero-order chi connectivity index (χ0) is 21.8. The lowest BCUT2D eigenvalue weighted by Crippen LogP contribution is -2.32. The molecule has 0 atom stereocenters. The van der Waals surface area contributed by atoms with Gasteiger partial charge in [-0.15, -0.1) is 0 Å². The lowest BCUT2D eigenvalue weighted by atomic mass is 10.1. The molecule has 2 aromatic heterocycles. The Hall–Kier alpha value is -3.68. The standard InChI is InChI=1S/C22H24N4O4/c1-5-25-14(3)16(20(15(25)4)22(29)30-6-2)11-12-19(27)24-26-13-23-18-10-8-7-9-17(18)21(26)28/h7-13H,5-6H2,1-4H3,(H,24,27)/b12-11+. The van der Waals surface area contributed by atoms with E-state index in [0.717, 1.165) is 16.1 Å². The lowest BCUT2D eigenvalue weighted by Gasteiger charge is -2.06. The molecule has 0 fully saturated rings. The molecule has 1 N–H and O–H groups in total. The molecule has 1 aromatic carbocycles. The molecule has 0 aliphatic rings. The van der Waals surface area contributed by atoms with Crippen LogP contribution in [0.1, 0.15) is 41.2 Å². The molecule has 3 rings (SSSR count). The molecule has 30 heavy (non-hydrogen) atoms. The van der Waals surface area contributed by atoms with Crippen LogP contribution in [-0.2, 0) is 16.1 Å². The molecule has 0 spiro atoms. The van der Waals surface area contributed by atoms with Crippen molar-refractivity contribution in [3.05, 3.63) is 69.5 Å². The van der Waals surface area contributed by atoms with Gasteiger partial charge in [0.05, 0.1) is 23.1 Å². The fourth-order valence-corrected chi connectivity index (χ4v) is 3.51. The molecule has 0 saturated heterocycles. The van der Waals surface area contributed by atoms with E-state index in [1.54, 1.807) is 37.3 Å². The van der Waals surface area contributed by atoms with Gasteiger partial charge in [0.25, 0.3) is 11.5 Å². The van der Waals surface area contributed by atoms with Crippen LogP contribution in [0.4, 0.5) is 0 Å². The van der Waals surface area contributed by atoms with Gasteiger partial charge in [0.15, 0.2) is 0 Å². The first-order valence-corrected chi connectivity index (χ1v) is 9.71. The van der Waals surface area contributed by atoms with Gasteiger partial charge in [-0.05, 0) is 45.9 Å². The van der Waals surface area contributed by atoms with Crippen molar-refractivity contribution in [1.82, 2.24) is 14.2 Å². The summed E-state index contributed by atoms with van der Waals surface area (Å²) in [7, 11) is 0. The first kappa shape index (κ1) is 21.0. The zero-order valence-corrected chi connectivity index (χ0v) is 17.4. The van der Waals surface area contributed by atoms with Gasteiger partial charge in [-0.3, -0.25) is 15.0 Å². The van der Waals surface area contributed by atoms with Crippen molar-refractivity contribution in [1.29, 1.82) is 0 Å². The van der Waals surface area contributed by atoms with Gasteiger partial charge >= 0.3 is 5.97 Å². The number of nitrogens with one attached hydrogen (secondary N) is 1. The highest BCUT2D eigenvalue weighted by Gasteiger charge is 2.22. The Morgan fingerprint density at radius 1 is 1.17 bits per heavy atom. The third-order valence-corrected chi connectivity index (χ3v) is 4.92. The average molecular weight is 408 g/mol. The summed E-state index contributed by atoms with van der Waals surface area (Å²) in [4.78, 5) is 41.6. The van der Waals surface area contributed by atoms with Crippen LogP contribution < -0.4 is 11.0 Å². The third kappa shape index (κ3) is 3.89. The van der Waals surface area contributed by atoms with Gasteiger partial charge in [0, 0.05) is 29.6 Å². The molecule has 0 radical (unpaired) electrons. The minimum atomic E-state index is -0.523. The molecular formula is C22H24N4O4. The van der Waals surface area contributed by atoms with Gasteiger partial charge < -0.3 is 9.30 Å². The van der Waals surface area contributed by atoms with Crippen LogP contribution in [0.2, 0.25) is 0 Å². The summed E-state index contributed by atoms with van der Waals surface area (Å²) in [5.74, 6) is -0.953. The number of amides is 1. The largest absolute Gasteiger partial charge is 0.462 e. The van der Waals surface area contributed by atoms with Crippen LogP contribution in [0.3, 0.4) is 0 Å². The van der Waals surface area contributed by atoms with E-state index in [4.69, 9.17) is 4.74 Å². The molecule has 0 aliphatic carbocycles. The monoisotopic (exact) mass is 408 g/mol. The number of ether oxygens (including phenoxy) is 1. The molecule has 1 amide bonds. The van der Waals surface area contributed by atoms with Crippen LogP contribution in [-0.4, -0.2) is 32.7 Å². The quantitative estimate of drug-likeness (QED) is 0.500. The lowest BCUT2D eigenvalue weighted by molar-refractivity contribution is -0.112. The summed E-state index contributed by atoms with van der Waals surface area (Å²) in [6, 6.07) is 6.89. The van der Waals surface area contributed by atoms with Crippen molar-refractivity contribution >= 4 is 28.9 Å². The predicted octanol–water partition coefficient (Wildman–Crippen LogP) is 2.79.